The van der Waals surface area contributed by atoms with E-state index in [0.717, 1.165) is 24.0 Å². The third-order valence-electron chi connectivity index (χ3n) is 4.72. The molecule has 0 spiro atoms. The number of aryl methyl sites for hydroxylation is 2. The van der Waals surface area contributed by atoms with Crippen molar-refractivity contribution >= 4 is 21.9 Å². The van der Waals surface area contributed by atoms with E-state index in [1.165, 1.54) is 11.1 Å². The van der Waals surface area contributed by atoms with E-state index in [1.807, 2.05) is 0 Å². The van der Waals surface area contributed by atoms with Crippen LogP contribution < -0.4 is 0 Å². The maximum atomic E-state index is 13.0. The first-order chi connectivity index (χ1) is 11.1. The van der Waals surface area contributed by atoms with E-state index in [0.29, 0.717) is 5.33 Å². The Bertz CT molecular complexity index is 643. The molecule has 1 atom stereocenters. The monoisotopic (exact) mass is 372 g/mol. The number of halogens is 1. The zero-order valence-corrected chi connectivity index (χ0v) is 15.1. The van der Waals surface area contributed by atoms with Gasteiger partial charge in [-0.15, -0.1) is 0 Å². The van der Waals surface area contributed by atoms with Crippen LogP contribution in [0.4, 0.5) is 0 Å². The summed E-state index contributed by atoms with van der Waals surface area (Å²) in [7, 11) is 0. The summed E-state index contributed by atoms with van der Waals surface area (Å²) in [5, 5.41) is 0.691. The van der Waals surface area contributed by atoms with Gasteiger partial charge in [0.2, 0.25) is 0 Å². The fraction of sp³-hybridized carbons (Fsp3) is 0.350. The Morgan fingerprint density at radius 3 is 1.87 bits per heavy atom. The van der Waals surface area contributed by atoms with E-state index in [1.54, 1.807) is 0 Å². The normalized spacial score (nSPS) is 20.1. The van der Waals surface area contributed by atoms with Gasteiger partial charge < -0.3 is 4.74 Å². The summed E-state index contributed by atoms with van der Waals surface area (Å²) in [6.45, 7) is 4.12. The number of hydrogen-bond donors (Lipinski definition) is 0. The van der Waals surface area contributed by atoms with Crippen LogP contribution in [0.2, 0.25) is 0 Å². The molecule has 2 nitrogen and oxygen atoms in total. The second-order valence-corrected chi connectivity index (χ2v) is 7.01. The molecule has 0 saturated carbocycles. The molecule has 1 aliphatic heterocycles. The highest BCUT2D eigenvalue weighted by Gasteiger charge is 2.47. The highest BCUT2D eigenvalue weighted by atomic mass is 79.9. The zero-order chi connectivity index (χ0) is 16.4. The Morgan fingerprint density at radius 2 is 1.48 bits per heavy atom. The van der Waals surface area contributed by atoms with Gasteiger partial charge in [-0.2, -0.15) is 0 Å². The molecule has 1 heterocycles. The van der Waals surface area contributed by atoms with Crippen LogP contribution in [-0.4, -0.2) is 17.4 Å². The van der Waals surface area contributed by atoms with E-state index < -0.39 is 5.41 Å². The van der Waals surface area contributed by atoms with Crippen molar-refractivity contribution in [1.29, 1.82) is 0 Å². The van der Waals surface area contributed by atoms with Crippen LogP contribution in [0.25, 0.3) is 0 Å². The summed E-state index contributed by atoms with van der Waals surface area (Å²) < 4.78 is 5.73. The number of benzene rings is 2. The summed E-state index contributed by atoms with van der Waals surface area (Å²) in [6.07, 6.45) is 1.60. The molecule has 3 rings (SSSR count). The minimum absolute atomic E-state index is 0.0356. The van der Waals surface area contributed by atoms with Gasteiger partial charge >= 0.3 is 5.97 Å². The Balaban J connectivity index is 2.12. The molecule has 2 aromatic carbocycles. The second kappa shape index (κ2) is 6.48. The lowest BCUT2D eigenvalue weighted by atomic mass is 9.69. The van der Waals surface area contributed by atoms with Gasteiger partial charge in [0.25, 0.3) is 0 Å². The molecule has 1 aliphatic rings. The van der Waals surface area contributed by atoms with Crippen LogP contribution in [-0.2, 0) is 14.9 Å². The molecule has 0 unspecified atom stereocenters. The van der Waals surface area contributed by atoms with Gasteiger partial charge in [-0.05, 0) is 37.8 Å². The summed E-state index contributed by atoms with van der Waals surface area (Å²) in [5.74, 6) is -0.138. The van der Waals surface area contributed by atoms with Crippen molar-refractivity contribution in [3.8, 4) is 0 Å². The number of ether oxygens (including phenoxy) is 1. The fourth-order valence-electron chi connectivity index (χ4n) is 3.27. The van der Waals surface area contributed by atoms with Crippen molar-refractivity contribution in [3.63, 3.8) is 0 Å². The van der Waals surface area contributed by atoms with Crippen molar-refractivity contribution in [1.82, 2.24) is 0 Å². The minimum Gasteiger partial charge on any atom is -0.461 e. The standard InChI is InChI=1S/C20H21BrO2/c1-14-3-7-16(8-4-14)20(17-9-5-15(2)6-10-17)12-11-18(13-21)23-19(20)22/h3-10,18H,11-13H2,1-2H3/t18-/m1/s1. The predicted octanol–water partition coefficient (Wildman–Crippen LogP) is 4.69. The number of cyclic esters (lactones) is 1. The van der Waals surface area contributed by atoms with Gasteiger partial charge in [0, 0.05) is 5.33 Å². The van der Waals surface area contributed by atoms with E-state index >= 15 is 0 Å². The predicted molar refractivity (Wildman–Crippen MR) is 96.0 cm³/mol. The maximum absolute atomic E-state index is 13.0. The topological polar surface area (TPSA) is 26.3 Å². The molecule has 1 saturated heterocycles. The Labute approximate surface area is 146 Å². The third kappa shape index (κ3) is 2.94. The molecular weight excluding hydrogens is 352 g/mol. The van der Waals surface area contributed by atoms with Crippen LogP contribution in [0.3, 0.4) is 0 Å². The molecule has 0 bridgehead atoms. The number of hydrogen-bond acceptors (Lipinski definition) is 2. The molecule has 0 aromatic heterocycles. The average Bonchev–Trinajstić information content (AvgIpc) is 2.57. The van der Waals surface area contributed by atoms with Crippen molar-refractivity contribution in [2.24, 2.45) is 0 Å². The van der Waals surface area contributed by atoms with E-state index in [9.17, 15) is 4.79 Å². The Kier molecular flexibility index (Phi) is 4.58. The SMILES string of the molecule is Cc1ccc(C2(c3ccc(C)cc3)CC[C@H](CBr)OC2=O)cc1. The minimum atomic E-state index is -0.694. The molecule has 2 aromatic rings. The van der Waals surface area contributed by atoms with Crippen molar-refractivity contribution in [3.05, 3.63) is 70.8 Å². The smallest absolute Gasteiger partial charge is 0.321 e. The summed E-state index contributed by atoms with van der Waals surface area (Å²) in [5.41, 5.74) is 3.72. The average molecular weight is 373 g/mol. The Morgan fingerprint density at radius 1 is 1.00 bits per heavy atom. The second-order valence-electron chi connectivity index (χ2n) is 6.36. The van der Waals surface area contributed by atoms with Crippen molar-refractivity contribution < 1.29 is 9.53 Å². The number of carbonyl (C=O) groups is 1. The van der Waals surface area contributed by atoms with E-state index in [2.05, 4.69) is 78.3 Å². The molecule has 0 N–H and O–H groups in total. The van der Waals surface area contributed by atoms with Gasteiger partial charge in [-0.1, -0.05) is 75.6 Å². The van der Waals surface area contributed by atoms with Crippen LogP contribution in [0.1, 0.15) is 35.1 Å². The number of rotatable bonds is 3. The van der Waals surface area contributed by atoms with E-state index in [-0.39, 0.29) is 12.1 Å². The van der Waals surface area contributed by atoms with Crippen molar-refractivity contribution in [2.75, 3.05) is 5.33 Å². The highest BCUT2D eigenvalue weighted by molar-refractivity contribution is 9.09. The lowest BCUT2D eigenvalue weighted by Crippen LogP contribution is -2.45. The first-order valence-electron chi connectivity index (χ1n) is 7.97. The first-order valence-corrected chi connectivity index (χ1v) is 9.10. The third-order valence-corrected chi connectivity index (χ3v) is 5.45. The lowest BCUT2D eigenvalue weighted by Gasteiger charge is -2.39. The van der Waals surface area contributed by atoms with Crippen LogP contribution >= 0.6 is 15.9 Å². The molecular formula is C20H21BrO2. The molecule has 120 valence electrons. The number of esters is 1. The van der Waals surface area contributed by atoms with E-state index in [4.69, 9.17) is 4.74 Å². The van der Waals surface area contributed by atoms with Crippen LogP contribution in [0.15, 0.2) is 48.5 Å². The number of alkyl halides is 1. The number of carbonyl (C=O) groups excluding carboxylic acids is 1. The molecule has 3 heteroatoms. The van der Waals surface area contributed by atoms with Gasteiger partial charge in [0.15, 0.2) is 0 Å². The van der Waals surface area contributed by atoms with Crippen LogP contribution in [0, 0.1) is 13.8 Å². The van der Waals surface area contributed by atoms with Gasteiger partial charge in [-0.3, -0.25) is 4.79 Å². The quantitative estimate of drug-likeness (QED) is 0.576. The van der Waals surface area contributed by atoms with Gasteiger partial charge in [0.05, 0.1) is 0 Å². The van der Waals surface area contributed by atoms with Crippen LogP contribution in [0.5, 0.6) is 0 Å². The lowest BCUT2D eigenvalue weighted by molar-refractivity contribution is -0.159. The zero-order valence-electron chi connectivity index (χ0n) is 13.5. The molecule has 0 amide bonds. The highest BCUT2D eigenvalue weighted by Crippen LogP contribution is 2.42. The molecule has 1 fully saturated rings. The molecule has 0 radical (unpaired) electrons. The molecule has 23 heavy (non-hydrogen) atoms. The molecule has 0 aliphatic carbocycles. The van der Waals surface area contributed by atoms with Gasteiger partial charge in [-0.25, -0.2) is 0 Å². The largest absolute Gasteiger partial charge is 0.461 e. The maximum Gasteiger partial charge on any atom is 0.321 e. The fourth-order valence-corrected chi connectivity index (χ4v) is 3.72. The van der Waals surface area contributed by atoms with Gasteiger partial charge in [0.1, 0.15) is 11.5 Å². The Hall–Kier alpha value is -1.61. The summed E-state index contributed by atoms with van der Waals surface area (Å²) in [4.78, 5) is 13.0. The summed E-state index contributed by atoms with van der Waals surface area (Å²) >= 11 is 3.43. The van der Waals surface area contributed by atoms with Crippen molar-refractivity contribution in [2.45, 2.75) is 38.2 Å². The summed E-state index contributed by atoms with van der Waals surface area (Å²) in [6, 6.07) is 16.5. The first kappa shape index (κ1) is 16.3.